The van der Waals surface area contributed by atoms with E-state index in [2.05, 4.69) is 10.3 Å². The van der Waals surface area contributed by atoms with Gasteiger partial charge in [0.15, 0.2) is 5.58 Å². The van der Waals surface area contributed by atoms with E-state index >= 15 is 0 Å². The summed E-state index contributed by atoms with van der Waals surface area (Å²) in [6, 6.07) is 13.6. The number of nitrogens with one attached hydrogen (secondary N) is 2. The molecule has 2 heterocycles. The van der Waals surface area contributed by atoms with Crippen molar-refractivity contribution in [2.75, 3.05) is 13.1 Å². The molecule has 4 rings (SSSR count). The molecule has 0 aliphatic carbocycles. The van der Waals surface area contributed by atoms with Crippen molar-refractivity contribution in [3.63, 3.8) is 0 Å². The minimum absolute atomic E-state index is 0.0786. The van der Waals surface area contributed by atoms with Crippen molar-refractivity contribution in [2.24, 2.45) is 0 Å². The zero-order valence-corrected chi connectivity index (χ0v) is 13.3. The first-order valence-corrected chi connectivity index (χ1v) is 8.81. The Labute approximate surface area is 137 Å². The van der Waals surface area contributed by atoms with Gasteiger partial charge in [-0.15, -0.1) is 3.98 Å². The van der Waals surface area contributed by atoms with Gasteiger partial charge in [-0.3, -0.25) is 10.3 Å². The third-order valence-electron chi connectivity index (χ3n) is 3.88. The Morgan fingerprint density at radius 2 is 1.88 bits per heavy atom. The third-order valence-corrected chi connectivity index (χ3v) is 5.68. The Balaban J connectivity index is 1.87. The van der Waals surface area contributed by atoms with Crippen LogP contribution in [0.1, 0.15) is 5.56 Å². The van der Waals surface area contributed by atoms with Gasteiger partial charge in [0, 0.05) is 6.07 Å². The average Bonchev–Trinajstić information content (AvgIpc) is 3.20. The fourth-order valence-electron chi connectivity index (χ4n) is 2.77. The van der Waals surface area contributed by atoms with Crippen LogP contribution in [0.2, 0.25) is 0 Å². The summed E-state index contributed by atoms with van der Waals surface area (Å²) in [4.78, 5) is 13.8. The molecular formula is C16H14N3O4S+. The maximum atomic E-state index is 13.0. The van der Waals surface area contributed by atoms with Gasteiger partial charge >= 0.3 is 15.8 Å². The van der Waals surface area contributed by atoms with Crippen molar-refractivity contribution in [3.05, 3.63) is 64.6 Å². The standard InChI is InChI=1S/C16H13N3O4S/c20-16-18-13-7-6-12(10-14(13)23-16)24(21,22)19-9-8-17-15(19)11-4-2-1-3-5-11/h1-7,10H,8-9H2,(H,18,20)/p+1. The van der Waals surface area contributed by atoms with Gasteiger partial charge < -0.3 is 4.42 Å². The molecule has 8 heteroatoms. The van der Waals surface area contributed by atoms with Gasteiger partial charge in [-0.1, -0.05) is 18.2 Å². The second kappa shape index (κ2) is 5.34. The number of hydrogen-bond donors (Lipinski definition) is 2. The second-order valence-corrected chi connectivity index (χ2v) is 7.25. The van der Waals surface area contributed by atoms with Crippen molar-refractivity contribution >= 4 is 27.0 Å². The van der Waals surface area contributed by atoms with Crippen LogP contribution in [-0.4, -0.2) is 36.3 Å². The molecule has 3 aromatic rings. The van der Waals surface area contributed by atoms with Crippen molar-refractivity contribution in [3.8, 4) is 0 Å². The monoisotopic (exact) mass is 344 g/mol. The normalized spacial score (nSPS) is 15.0. The van der Waals surface area contributed by atoms with Gasteiger partial charge in [0.2, 0.25) is 0 Å². The number of H-pyrrole nitrogens is 1. The first kappa shape index (κ1) is 14.7. The summed E-state index contributed by atoms with van der Waals surface area (Å²) in [6.07, 6.45) is 0. The van der Waals surface area contributed by atoms with Crippen molar-refractivity contribution in [2.45, 2.75) is 4.90 Å². The molecule has 122 valence electrons. The Hall–Kier alpha value is -2.87. The lowest BCUT2D eigenvalue weighted by atomic mass is 10.2. The molecule has 2 N–H and O–H groups in total. The first-order chi connectivity index (χ1) is 11.6. The van der Waals surface area contributed by atoms with E-state index in [9.17, 15) is 13.2 Å². The van der Waals surface area contributed by atoms with Crippen LogP contribution >= 0.6 is 0 Å². The van der Waals surface area contributed by atoms with E-state index < -0.39 is 15.8 Å². The zero-order chi connectivity index (χ0) is 16.7. The third kappa shape index (κ3) is 2.31. The zero-order valence-electron chi connectivity index (χ0n) is 12.5. The smallest absolute Gasteiger partial charge is 0.408 e. The van der Waals surface area contributed by atoms with E-state index in [1.54, 1.807) is 0 Å². The Kier molecular flexibility index (Phi) is 3.27. The highest BCUT2D eigenvalue weighted by atomic mass is 32.2. The van der Waals surface area contributed by atoms with Gasteiger partial charge in [-0.2, -0.15) is 8.42 Å². The molecule has 1 aliphatic rings. The molecule has 1 aromatic heterocycles. The van der Waals surface area contributed by atoms with Gasteiger partial charge in [0.05, 0.1) is 11.1 Å². The lowest BCUT2D eigenvalue weighted by molar-refractivity contribution is -0.352. The van der Waals surface area contributed by atoms with Gasteiger partial charge in [0.1, 0.15) is 18.0 Å². The number of rotatable bonds is 3. The fourth-order valence-corrected chi connectivity index (χ4v) is 4.26. The van der Waals surface area contributed by atoms with E-state index in [0.29, 0.717) is 24.4 Å². The number of sulfonamides is 1. The van der Waals surface area contributed by atoms with E-state index in [1.165, 1.54) is 22.2 Å². The highest BCUT2D eigenvalue weighted by molar-refractivity contribution is 7.85. The minimum Gasteiger partial charge on any atom is -0.408 e. The van der Waals surface area contributed by atoms with Crippen molar-refractivity contribution in [1.29, 1.82) is 0 Å². The maximum Gasteiger partial charge on any atom is 0.417 e. The molecular weight excluding hydrogens is 330 g/mol. The van der Waals surface area contributed by atoms with E-state index in [4.69, 9.17) is 4.42 Å². The number of aromatic nitrogens is 1. The van der Waals surface area contributed by atoms with Gasteiger partial charge in [-0.25, -0.2) is 4.79 Å². The summed E-state index contributed by atoms with van der Waals surface area (Å²) in [5.41, 5.74) is 1.48. The predicted octanol–water partition coefficient (Wildman–Crippen LogP) is 0.872. The van der Waals surface area contributed by atoms with Crippen LogP contribution in [0.3, 0.4) is 0 Å². The molecule has 0 atom stereocenters. The molecule has 0 amide bonds. The van der Waals surface area contributed by atoms with Crippen LogP contribution in [0, 0.1) is 0 Å². The van der Waals surface area contributed by atoms with E-state index in [-0.39, 0.29) is 10.5 Å². The van der Waals surface area contributed by atoms with Crippen LogP contribution in [-0.2, 0) is 10.0 Å². The second-order valence-electron chi connectivity index (χ2n) is 5.39. The molecule has 0 unspecified atom stereocenters. The number of nitrogens with zero attached hydrogens (tertiary/aromatic N) is 1. The van der Waals surface area contributed by atoms with Crippen molar-refractivity contribution in [1.82, 2.24) is 10.3 Å². The minimum atomic E-state index is -3.76. The number of fused-ring (bicyclic) bond motifs is 1. The van der Waals surface area contributed by atoms with Crippen LogP contribution in [0.5, 0.6) is 0 Å². The van der Waals surface area contributed by atoms with Crippen LogP contribution in [0.25, 0.3) is 11.1 Å². The quantitative estimate of drug-likeness (QED) is 0.688. The van der Waals surface area contributed by atoms with Crippen LogP contribution < -0.4 is 11.1 Å². The lowest BCUT2D eigenvalue weighted by Gasteiger charge is -2.05. The lowest BCUT2D eigenvalue weighted by Crippen LogP contribution is -2.28. The summed E-state index contributed by atoms with van der Waals surface area (Å²) >= 11 is 0. The first-order valence-electron chi connectivity index (χ1n) is 7.37. The summed E-state index contributed by atoms with van der Waals surface area (Å²) in [7, 11) is -3.76. The number of oxazole rings is 1. The fraction of sp³-hybridized carbons (Fsp3) is 0.125. The number of amidine groups is 1. The van der Waals surface area contributed by atoms with E-state index in [1.807, 2.05) is 30.3 Å². The topological polar surface area (TPSA) is 95.2 Å². The number of aromatic amines is 1. The molecule has 2 aromatic carbocycles. The highest BCUT2D eigenvalue weighted by Crippen LogP contribution is 2.20. The Morgan fingerprint density at radius 1 is 1.08 bits per heavy atom. The summed E-state index contributed by atoms with van der Waals surface area (Å²) in [5.74, 6) is -0.0647. The highest BCUT2D eigenvalue weighted by Gasteiger charge is 2.34. The van der Waals surface area contributed by atoms with Crippen LogP contribution in [0.15, 0.2) is 62.6 Å². The number of benzene rings is 2. The molecule has 0 saturated carbocycles. The molecule has 0 fully saturated rings. The van der Waals surface area contributed by atoms with Gasteiger partial charge in [-0.05, 0) is 24.3 Å². The molecule has 7 nitrogen and oxygen atoms in total. The average molecular weight is 344 g/mol. The van der Waals surface area contributed by atoms with Crippen LogP contribution in [0.4, 0.5) is 0 Å². The van der Waals surface area contributed by atoms with Gasteiger partial charge in [0.25, 0.3) is 5.84 Å². The Bertz CT molecular complexity index is 1110. The molecule has 0 saturated heterocycles. The van der Waals surface area contributed by atoms with E-state index in [0.717, 1.165) is 5.56 Å². The molecule has 1 aliphatic heterocycles. The Morgan fingerprint density at radius 3 is 2.67 bits per heavy atom. The number of hydrogen-bond acceptors (Lipinski definition) is 5. The molecule has 0 spiro atoms. The largest absolute Gasteiger partial charge is 0.417 e. The summed E-state index contributed by atoms with van der Waals surface area (Å²) < 4.78 is 32.3. The molecule has 0 bridgehead atoms. The molecule has 0 radical (unpaired) electrons. The molecule has 24 heavy (non-hydrogen) atoms. The maximum absolute atomic E-state index is 13.0. The predicted molar refractivity (Wildman–Crippen MR) is 87.7 cm³/mol. The van der Waals surface area contributed by atoms with Crippen molar-refractivity contribution < 1.29 is 16.8 Å². The SMILES string of the molecule is O=c1[nH]c2ccc(S(=O)(=O)[N+]3=C(c4ccccc4)NCC3)cc2o1. The summed E-state index contributed by atoms with van der Waals surface area (Å²) in [5, 5.41) is 3.12. The summed E-state index contributed by atoms with van der Waals surface area (Å²) in [6.45, 7) is 0.868.